The molecule has 0 saturated carbocycles. The molecule has 0 heterocycles. The van der Waals surface area contributed by atoms with E-state index in [4.69, 9.17) is 16.3 Å². The van der Waals surface area contributed by atoms with Crippen LogP contribution in [0.5, 0.6) is 0 Å². The van der Waals surface area contributed by atoms with E-state index < -0.39 is 12.2 Å². The average molecular weight is 376 g/mol. The van der Waals surface area contributed by atoms with Crippen molar-refractivity contribution >= 4 is 17.4 Å². The van der Waals surface area contributed by atoms with Crippen LogP contribution >= 0.6 is 11.6 Å². The lowest BCUT2D eigenvalue weighted by Gasteiger charge is -2.20. The third-order valence-corrected chi connectivity index (χ3v) is 4.23. The summed E-state index contributed by atoms with van der Waals surface area (Å²) in [4.78, 5) is 12.8. The molecule has 0 saturated heterocycles. The van der Waals surface area contributed by atoms with Gasteiger partial charge in [-0.05, 0) is 30.7 Å². The summed E-state index contributed by atoms with van der Waals surface area (Å²) in [6, 6.07) is 16.4. The van der Waals surface area contributed by atoms with E-state index in [-0.39, 0.29) is 12.4 Å². The molecular formula is C21H26ClNO3. The van der Waals surface area contributed by atoms with Crippen LogP contribution in [0.1, 0.15) is 29.3 Å². The summed E-state index contributed by atoms with van der Waals surface area (Å²) in [5.74, 6) is -0.0886. The third-order valence-electron chi connectivity index (χ3n) is 3.98. The van der Waals surface area contributed by atoms with E-state index in [9.17, 15) is 9.90 Å². The van der Waals surface area contributed by atoms with Gasteiger partial charge in [0.05, 0.1) is 12.7 Å². The highest BCUT2D eigenvalue weighted by Gasteiger charge is 2.22. The van der Waals surface area contributed by atoms with E-state index >= 15 is 0 Å². The number of halogens is 1. The molecule has 0 radical (unpaired) electrons. The molecule has 2 N–H and O–H groups in total. The van der Waals surface area contributed by atoms with E-state index in [2.05, 4.69) is 12.2 Å². The molecule has 4 nitrogen and oxygen atoms in total. The van der Waals surface area contributed by atoms with Crippen LogP contribution < -0.4 is 5.32 Å². The maximum absolute atomic E-state index is 12.8. The van der Waals surface area contributed by atoms with Crippen LogP contribution in [0.3, 0.4) is 0 Å². The Balaban J connectivity index is 2.03. The van der Waals surface area contributed by atoms with Crippen molar-refractivity contribution in [3.8, 4) is 0 Å². The Labute approximate surface area is 160 Å². The van der Waals surface area contributed by atoms with Crippen molar-refractivity contribution in [2.45, 2.75) is 32.0 Å². The first-order valence-corrected chi connectivity index (χ1v) is 9.32. The van der Waals surface area contributed by atoms with Gasteiger partial charge in [-0.3, -0.25) is 4.79 Å². The van der Waals surface area contributed by atoms with Crippen LogP contribution in [0.2, 0.25) is 5.02 Å². The summed E-state index contributed by atoms with van der Waals surface area (Å²) in [5, 5.41) is 13.9. The second-order valence-corrected chi connectivity index (χ2v) is 6.68. The van der Waals surface area contributed by atoms with Crippen molar-refractivity contribution in [3.05, 3.63) is 70.7 Å². The Morgan fingerprint density at radius 1 is 1.15 bits per heavy atom. The third kappa shape index (κ3) is 6.89. The number of carbonyl (C=O) groups excluding carboxylic acids is 1. The maximum atomic E-state index is 12.8. The largest absolute Gasteiger partial charge is 0.389 e. The Morgan fingerprint density at radius 2 is 1.85 bits per heavy atom. The van der Waals surface area contributed by atoms with Gasteiger partial charge in [0.1, 0.15) is 6.10 Å². The van der Waals surface area contributed by atoms with Crippen molar-refractivity contribution in [2.75, 3.05) is 19.7 Å². The standard InChI is InChI=1S/C21H26ClNO3/c1-2-12-23-14-19(24)15-26-20(13-16-8-10-18(22)11-9-16)21(25)17-6-4-3-5-7-17/h3-11,19-20,23-24H,2,12-15H2,1H3. The zero-order chi connectivity index (χ0) is 18.8. The summed E-state index contributed by atoms with van der Waals surface area (Å²) >= 11 is 5.93. The SMILES string of the molecule is CCCNCC(O)COC(Cc1ccc(Cl)cc1)C(=O)c1ccccc1. The van der Waals surface area contributed by atoms with E-state index in [1.807, 2.05) is 30.3 Å². The molecule has 0 aliphatic heterocycles. The number of nitrogens with one attached hydrogen (secondary N) is 1. The molecule has 0 aliphatic carbocycles. The molecule has 0 fully saturated rings. The zero-order valence-electron chi connectivity index (χ0n) is 15.0. The van der Waals surface area contributed by atoms with E-state index in [0.29, 0.717) is 23.6 Å². The summed E-state index contributed by atoms with van der Waals surface area (Å²) < 4.78 is 5.81. The number of hydrogen-bond acceptors (Lipinski definition) is 4. The second kappa shape index (κ2) is 11.1. The second-order valence-electron chi connectivity index (χ2n) is 6.24. The van der Waals surface area contributed by atoms with Crippen molar-refractivity contribution in [1.29, 1.82) is 0 Å². The Bertz CT molecular complexity index is 661. The lowest BCUT2D eigenvalue weighted by Crippen LogP contribution is -2.35. The van der Waals surface area contributed by atoms with Gasteiger partial charge in [0.15, 0.2) is 5.78 Å². The summed E-state index contributed by atoms with van der Waals surface area (Å²) in [5.41, 5.74) is 1.56. The fraction of sp³-hybridized carbons (Fsp3) is 0.381. The highest BCUT2D eigenvalue weighted by atomic mass is 35.5. The van der Waals surface area contributed by atoms with Gasteiger partial charge in [0.25, 0.3) is 0 Å². The van der Waals surface area contributed by atoms with E-state index in [1.54, 1.807) is 24.3 Å². The number of ketones is 1. The van der Waals surface area contributed by atoms with Gasteiger partial charge in [-0.15, -0.1) is 0 Å². The molecule has 2 aromatic rings. The van der Waals surface area contributed by atoms with Crippen LogP contribution in [0.25, 0.3) is 0 Å². The van der Waals surface area contributed by atoms with Crippen LogP contribution in [0, 0.1) is 0 Å². The first-order valence-electron chi connectivity index (χ1n) is 8.94. The normalized spacial score (nSPS) is 13.3. The minimum Gasteiger partial charge on any atom is -0.389 e. The number of aliphatic hydroxyl groups is 1. The molecule has 0 aromatic heterocycles. The number of ether oxygens (including phenoxy) is 1. The Hall–Kier alpha value is -1.72. The molecule has 2 rings (SSSR count). The average Bonchev–Trinajstić information content (AvgIpc) is 2.67. The topological polar surface area (TPSA) is 58.6 Å². The number of rotatable bonds is 11. The number of benzene rings is 2. The monoisotopic (exact) mass is 375 g/mol. The zero-order valence-corrected chi connectivity index (χ0v) is 15.8. The van der Waals surface area contributed by atoms with Gasteiger partial charge >= 0.3 is 0 Å². The highest BCUT2D eigenvalue weighted by molar-refractivity contribution is 6.30. The lowest BCUT2D eigenvalue weighted by molar-refractivity contribution is -0.00162. The number of Topliss-reactive ketones (excluding diaryl/α,β-unsaturated/α-hetero) is 1. The Morgan fingerprint density at radius 3 is 2.50 bits per heavy atom. The number of carbonyl (C=O) groups is 1. The molecule has 140 valence electrons. The molecule has 0 aliphatic rings. The molecule has 5 heteroatoms. The Kier molecular flexibility index (Phi) is 8.78. The molecule has 2 aromatic carbocycles. The van der Waals surface area contributed by atoms with Crippen LogP contribution in [0.4, 0.5) is 0 Å². The first-order chi connectivity index (χ1) is 12.6. The molecule has 0 spiro atoms. The van der Waals surface area contributed by atoms with Gasteiger partial charge in [0, 0.05) is 23.6 Å². The van der Waals surface area contributed by atoms with Crippen LogP contribution in [-0.2, 0) is 11.2 Å². The molecule has 2 unspecified atom stereocenters. The lowest BCUT2D eigenvalue weighted by atomic mass is 10.00. The van der Waals surface area contributed by atoms with Crippen molar-refractivity contribution < 1.29 is 14.6 Å². The van der Waals surface area contributed by atoms with E-state index in [1.165, 1.54) is 0 Å². The van der Waals surface area contributed by atoms with Crippen molar-refractivity contribution in [1.82, 2.24) is 5.32 Å². The number of aliphatic hydroxyl groups excluding tert-OH is 1. The smallest absolute Gasteiger partial charge is 0.191 e. The molecule has 26 heavy (non-hydrogen) atoms. The van der Waals surface area contributed by atoms with Gasteiger partial charge in [-0.1, -0.05) is 61.0 Å². The minimum absolute atomic E-state index is 0.0886. The van der Waals surface area contributed by atoms with Crippen LogP contribution in [0.15, 0.2) is 54.6 Å². The predicted octanol–water partition coefficient (Wildman–Crippen LogP) is 3.51. The van der Waals surface area contributed by atoms with Gasteiger partial charge in [-0.25, -0.2) is 0 Å². The van der Waals surface area contributed by atoms with Gasteiger partial charge in [0.2, 0.25) is 0 Å². The fourth-order valence-electron chi connectivity index (χ4n) is 2.58. The highest BCUT2D eigenvalue weighted by Crippen LogP contribution is 2.15. The summed E-state index contributed by atoms with van der Waals surface area (Å²) in [7, 11) is 0. The minimum atomic E-state index is -0.655. The summed E-state index contributed by atoms with van der Waals surface area (Å²) in [6.07, 6.45) is 0.122. The predicted molar refractivity (Wildman–Crippen MR) is 105 cm³/mol. The maximum Gasteiger partial charge on any atom is 0.191 e. The van der Waals surface area contributed by atoms with Crippen molar-refractivity contribution in [3.63, 3.8) is 0 Å². The molecule has 2 atom stereocenters. The van der Waals surface area contributed by atoms with Gasteiger partial charge < -0.3 is 15.2 Å². The fourth-order valence-corrected chi connectivity index (χ4v) is 2.71. The summed E-state index contributed by atoms with van der Waals surface area (Å²) in [6.45, 7) is 3.46. The van der Waals surface area contributed by atoms with Crippen molar-refractivity contribution in [2.24, 2.45) is 0 Å². The first kappa shape index (κ1) is 20.6. The molecule has 0 bridgehead atoms. The van der Waals surface area contributed by atoms with Gasteiger partial charge in [-0.2, -0.15) is 0 Å². The number of hydrogen-bond donors (Lipinski definition) is 2. The van der Waals surface area contributed by atoms with Crippen LogP contribution in [-0.4, -0.2) is 42.8 Å². The van der Waals surface area contributed by atoms with E-state index in [0.717, 1.165) is 18.5 Å². The molecular weight excluding hydrogens is 350 g/mol. The molecule has 0 amide bonds. The quantitative estimate of drug-likeness (QED) is 0.466.